The highest BCUT2D eigenvalue weighted by molar-refractivity contribution is 7.13. The molecule has 0 atom stereocenters. The number of unbranched alkanes of at least 4 members (excludes halogenated alkanes) is 1. The summed E-state index contributed by atoms with van der Waals surface area (Å²) in [5.41, 5.74) is 6.53. The second-order valence-electron chi connectivity index (χ2n) is 3.26. The molecular formula is C10H19N3S. The van der Waals surface area contributed by atoms with Gasteiger partial charge < -0.3 is 10.6 Å². The van der Waals surface area contributed by atoms with E-state index in [-0.39, 0.29) is 0 Å². The third-order valence-electron chi connectivity index (χ3n) is 2.18. The van der Waals surface area contributed by atoms with E-state index in [0.29, 0.717) is 6.54 Å². The lowest BCUT2D eigenvalue weighted by atomic mass is 10.3. The number of anilines is 1. The highest BCUT2D eigenvalue weighted by Crippen LogP contribution is 2.20. The highest BCUT2D eigenvalue weighted by Gasteiger charge is 2.07. The first kappa shape index (κ1) is 11.5. The topological polar surface area (TPSA) is 42.2 Å². The van der Waals surface area contributed by atoms with Gasteiger partial charge in [0.1, 0.15) is 0 Å². The van der Waals surface area contributed by atoms with Crippen LogP contribution < -0.4 is 10.6 Å². The molecule has 0 aromatic carbocycles. The Bertz CT molecular complexity index is 260. The molecule has 1 aromatic rings. The molecule has 80 valence electrons. The average Bonchev–Trinajstić information content (AvgIpc) is 2.68. The van der Waals surface area contributed by atoms with Crippen LogP contribution in [0.4, 0.5) is 5.13 Å². The second kappa shape index (κ2) is 5.98. The van der Waals surface area contributed by atoms with Gasteiger partial charge in [-0.1, -0.05) is 13.3 Å². The molecule has 1 heterocycles. The fourth-order valence-electron chi connectivity index (χ4n) is 1.27. The van der Waals surface area contributed by atoms with Crippen LogP contribution in [0.2, 0.25) is 0 Å². The summed E-state index contributed by atoms with van der Waals surface area (Å²) in [6.07, 6.45) is 2.46. The van der Waals surface area contributed by atoms with Crippen LogP contribution in [0.3, 0.4) is 0 Å². The molecule has 0 saturated carbocycles. The highest BCUT2D eigenvalue weighted by atomic mass is 32.1. The van der Waals surface area contributed by atoms with Crippen LogP contribution in [-0.2, 0) is 6.54 Å². The average molecular weight is 213 g/mol. The van der Waals surface area contributed by atoms with E-state index in [0.717, 1.165) is 23.9 Å². The number of nitrogens with zero attached hydrogens (tertiary/aromatic N) is 2. The molecule has 0 unspecified atom stereocenters. The number of aromatic nitrogens is 1. The van der Waals surface area contributed by atoms with Crippen molar-refractivity contribution < 1.29 is 0 Å². The van der Waals surface area contributed by atoms with Crippen molar-refractivity contribution in [1.29, 1.82) is 0 Å². The molecule has 3 nitrogen and oxygen atoms in total. The van der Waals surface area contributed by atoms with E-state index in [2.05, 4.69) is 23.7 Å². The van der Waals surface area contributed by atoms with Crippen molar-refractivity contribution in [2.75, 3.05) is 18.0 Å². The standard InChI is InChI=1S/C10H19N3S/c1-3-5-6-13(4-2)10-12-9(7-11)8-14-10/h8H,3-7,11H2,1-2H3. The fraction of sp³-hybridized carbons (Fsp3) is 0.700. The van der Waals surface area contributed by atoms with Gasteiger partial charge in [-0.2, -0.15) is 0 Å². The maximum absolute atomic E-state index is 5.53. The third kappa shape index (κ3) is 2.96. The lowest BCUT2D eigenvalue weighted by Gasteiger charge is -2.18. The predicted octanol–water partition coefficient (Wildman–Crippen LogP) is 2.23. The molecule has 0 radical (unpaired) electrons. The minimum Gasteiger partial charge on any atom is -0.348 e. The van der Waals surface area contributed by atoms with Gasteiger partial charge in [0.15, 0.2) is 5.13 Å². The van der Waals surface area contributed by atoms with E-state index in [1.807, 2.05) is 5.38 Å². The summed E-state index contributed by atoms with van der Waals surface area (Å²) in [6.45, 7) is 7.05. The zero-order valence-corrected chi connectivity index (χ0v) is 9.81. The molecule has 4 heteroatoms. The van der Waals surface area contributed by atoms with E-state index in [9.17, 15) is 0 Å². The van der Waals surface area contributed by atoms with Gasteiger partial charge in [0, 0.05) is 25.0 Å². The monoisotopic (exact) mass is 213 g/mol. The Morgan fingerprint density at radius 1 is 1.50 bits per heavy atom. The number of hydrogen-bond acceptors (Lipinski definition) is 4. The molecule has 1 aromatic heterocycles. The van der Waals surface area contributed by atoms with Gasteiger partial charge in [-0.3, -0.25) is 0 Å². The maximum atomic E-state index is 5.53. The predicted molar refractivity (Wildman–Crippen MR) is 62.8 cm³/mol. The van der Waals surface area contributed by atoms with Crippen molar-refractivity contribution in [1.82, 2.24) is 4.98 Å². The molecule has 0 amide bonds. The summed E-state index contributed by atoms with van der Waals surface area (Å²) < 4.78 is 0. The molecule has 0 spiro atoms. The number of rotatable bonds is 6. The molecule has 0 aliphatic heterocycles. The lowest BCUT2D eigenvalue weighted by Crippen LogP contribution is -2.23. The normalized spacial score (nSPS) is 10.5. The summed E-state index contributed by atoms with van der Waals surface area (Å²) in [7, 11) is 0. The van der Waals surface area contributed by atoms with Crippen molar-refractivity contribution >= 4 is 16.5 Å². The van der Waals surface area contributed by atoms with Gasteiger partial charge in [-0.15, -0.1) is 11.3 Å². The van der Waals surface area contributed by atoms with Gasteiger partial charge in [-0.05, 0) is 13.3 Å². The Hall–Kier alpha value is -0.610. The molecule has 0 bridgehead atoms. The Kier molecular flexibility index (Phi) is 4.90. The van der Waals surface area contributed by atoms with Crippen LogP contribution in [0.1, 0.15) is 32.4 Å². The van der Waals surface area contributed by atoms with Crippen molar-refractivity contribution in [3.8, 4) is 0 Å². The third-order valence-corrected chi connectivity index (χ3v) is 3.13. The molecule has 1 rings (SSSR count). The number of thiazole rings is 1. The van der Waals surface area contributed by atoms with E-state index >= 15 is 0 Å². The van der Waals surface area contributed by atoms with E-state index in [1.54, 1.807) is 11.3 Å². The van der Waals surface area contributed by atoms with Crippen LogP contribution in [0.15, 0.2) is 5.38 Å². The Morgan fingerprint density at radius 3 is 2.79 bits per heavy atom. The van der Waals surface area contributed by atoms with Crippen LogP contribution in [-0.4, -0.2) is 18.1 Å². The molecule has 0 saturated heterocycles. The van der Waals surface area contributed by atoms with Crippen LogP contribution in [0.5, 0.6) is 0 Å². The van der Waals surface area contributed by atoms with Crippen molar-refractivity contribution in [2.24, 2.45) is 5.73 Å². The second-order valence-corrected chi connectivity index (χ2v) is 4.10. The minimum atomic E-state index is 0.543. The Morgan fingerprint density at radius 2 is 2.29 bits per heavy atom. The van der Waals surface area contributed by atoms with Gasteiger partial charge in [-0.25, -0.2) is 4.98 Å². The molecule has 0 fully saturated rings. The fourth-order valence-corrected chi connectivity index (χ4v) is 2.20. The number of hydrogen-bond donors (Lipinski definition) is 1. The molecule has 0 aliphatic carbocycles. The smallest absolute Gasteiger partial charge is 0.185 e. The van der Waals surface area contributed by atoms with Crippen molar-refractivity contribution in [2.45, 2.75) is 33.2 Å². The first-order valence-corrected chi connectivity index (χ1v) is 6.09. The van der Waals surface area contributed by atoms with E-state index in [4.69, 9.17) is 5.73 Å². The zero-order chi connectivity index (χ0) is 10.4. The van der Waals surface area contributed by atoms with Crippen molar-refractivity contribution in [3.05, 3.63) is 11.1 Å². The quantitative estimate of drug-likeness (QED) is 0.788. The first-order chi connectivity index (χ1) is 6.81. The SMILES string of the molecule is CCCCN(CC)c1nc(CN)cs1. The van der Waals surface area contributed by atoms with Gasteiger partial charge in [0.25, 0.3) is 0 Å². The van der Waals surface area contributed by atoms with Gasteiger partial charge >= 0.3 is 0 Å². The van der Waals surface area contributed by atoms with Crippen LogP contribution in [0, 0.1) is 0 Å². The summed E-state index contributed by atoms with van der Waals surface area (Å²) in [5.74, 6) is 0. The maximum Gasteiger partial charge on any atom is 0.185 e. The van der Waals surface area contributed by atoms with E-state index in [1.165, 1.54) is 12.8 Å². The van der Waals surface area contributed by atoms with Gasteiger partial charge in [0.2, 0.25) is 0 Å². The summed E-state index contributed by atoms with van der Waals surface area (Å²) in [6, 6.07) is 0. The molecule has 0 aliphatic rings. The Labute approximate surface area is 89.9 Å². The van der Waals surface area contributed by atoms with Crippen molar-refractivity contribution in [3.63, 3.8) is 0 Å². The Balaban J connectivity index is 2.58. The number of nitrogens with two attached hydrogens (primary N) is 1. The summed E-state index contributed by atoms with van der Waals surface area (Å²) in [5, 5.41) is 3.16. The van der Waals surface area contributed by atoms with Crippen LogP contribution >= 0.6 is 11.3 Å². The van der Waals surface area contributed by atoms with E-state index < -0.39 is 0 Å². The first-order valence-electron chi connectivity index (χ1n) is 5.21. The minimum absolute atomic E-state index is 0.543. The zero-order valence-electron chi connectivity index (χ0n) is 8.99. The molecule has 2 N–H and O–H groups in total. The summed E-state index contributed by atoms with van der Waals surface area (Å²) in [4.78, 5) is 6.79. The summed E-state index contributed by atoms with van der Waals surface area (Å²) >= 11 is 1.69. The largest absolute Gasteiger partial charge is 0.348 e. The van der Waals surface area contributed by atoms with Crippen LogP contribution in [0.25, 0.3) is 0 Å². The lowest BCUT2D eigenvalue weighted by molar-refractivity contribution is 0.728. The molecule has 14 heavy (non-hydrogen) atoms. The molecular weight excluding hydrogens is 194 g/mol. The van der Waals surface area contributed by atoms with Gasteiger partial charge in [0.05, 0.1) is 5.69 Å².